The van der Waals surface area contributed by atoms with Crippen molar-refractivity contribution in [1.82, 2.24) is 14.7 Å². The Labute approximate surface area is 140 Å². The van der Waals surface area contributed by atoms with Crippen molar-refractivity contribution in [1.29, 1.82) is 0 Å². The number of hydrogen-bond acceptors (Lipinski definition) is 3. The molecule has 0 bridgehead atoms. The second-order valence-corrected chi connectivity index (χ2v) is 5.92. The van der Waals surface area contributed by atoms with Gasteiger partial charge in [-0.1, -0.05) is 23.7 Å². The molecule has 2 rings (SSSR count). The lowest BCUT2D eigenvalue weighted by Crippen LogP contribution is -2.43. The second kappa shape index (κ2) is 7.28. The Kier molecular flexibility index (Phi) is 5.39. The lowest BCUT2D eigenvalue weighted by atomic mass is 10.2. The summed E-state index contributed by atoms with van der Waals surface area (Å²) in [6, 6.07) is 8.72. The van der Waals surface area contributed by atoms with Crippen LogP contribution in [0.1, 0.15) is 19.4 Å². The Morgan fingerprint density at radius 2 is 2.09 bits per heavy atom. The normalized spacial score (nSPS) is 10.7. The number of aryl methyl sites for hydroxylation is 1. The summed E-state index contributed by atoms with van der Waals surface area (Å²) in [6.07, 6.45) is 1.69. The molecule has 122 valence electrons. The van der Waals surface area contributed by atoms with E-state index in [2.05, 4.69) is 10.4 Å². The first kappa shape index (κ1) is 17.0. The fourth-order valence-electron chi connectivity index (χ4n) is 2.10. The van der Waals surface area contributed by atoms with Crippen LogP contribution in [-0.4, -0.2) is 32.5 Å². The molecule has 2 aromatic rings. The molecular weight excluding hydrogens is 316 g/mol. The van der Waals surface area contributed by atoms with E-state index in [1.165, 1.54) is 4.90 Å². The third-order valence-electron chi connectivity index (χ3n) is 3.28. The molecular formula is C16H19ClN4O2. The molecule has 0 atom stereocenters. The number of amides is 2. The zero-order chi connectivity index (χ0) is 17.0. The molecule has 1 heterocycles. The first-order valence-corrected chi connectivity index (χ1v) is 7.60. The van der Waals surface area contributed by atoms with Crippen LogP contribution in [-0.2, 0) is 23.2 Å². The van der Waals surface area contributed by atoms with Crippen molar-refractivity contribution in [2.75, 3.05) is 5.32 Å². The van der Waals surface area contributed by atoms with Crippen LogP contribution in [0, 0.1) is 0 Å². The summed E-state index contributed by atoms with van der Waals surface area (Å²) in [5, 5.41) is 7.13. The zero-order valence-corrected chi connectivity index (χ0v) is 14.0. The third kappa shape index (κ3) is 4.56. The summed E-state index contributed by atoms with van der Waals surface area (Å²) in [5.74, 6) is -0.970. The van der Waals surface area contributed by atoms with Gasteiger partial charge in [0.05, 0.1) is 0 Å². The van der Waals surface area contributed by atoms with Crippen molar-refractivity contribution in [3.8, 4) is 0 Å². The van der Waals surface area contributed by atoms with Gasteiger partial charge in [-0.2, -0.15) is 5.10 Å². The van der Waals surface area contributed by atoms with Gasteiger partial charge >= 0.3 is 11.8 Å². The van der Waals surface area contributed by atoms with E-state index in [1.807, 2.05) is 26.0 Å². The van der Waals surface area contributed by atoms with Gasteiger partial charge in [0, 0.05) is 36.9 Å². The summed E-state index contributed by atoms with van der Waals surface area (Å²) in [7, 11) is 1.73. The molecule has 6 nitrogen and oxygen atoms in total. The number of carbonyl (C=O) groups is 2. The van der Waals surface area contributed by atoms with E-state index in [0.717, 1.165) is 5.56 Å². The Balaban J connectivity index is 2.10. The highest BCUT2D eigenvalue weighted by atomic mass is 35.5. The van der Waals surface area contributed by atoms with Gasteiger partial charge in [0.2, 0.25) is 0 Å². The fraction of sp³-hybridized carbons (Fsp3) is 0.312. The SMILES string of the molecule is CC(C)N(Cc1cccc(Cl)c1)C(=O)C(=O)Nc1ccn(C)n1. The Bertz CT molecular complexity index is 712. The molecule has 7 heteroatoms. The average molecular weight is 335 g/mol. The van der Waals surface area contributed by atoms with Crippen LogP contribution in [0.5, 0.6) is 0 Å². The molecule has 1 aromatic carbocycles. The molecule has 23 heavy (non-hydrogen) atoms. The Hall–Kier alpha value is -2.34. The third-order valence-corrected chi connectivity index (χ3v) is 3.51. The minimum atomic E-state index is -0.709. The number of nitrogens with one attached hydrogen (secondary N) is 1. The van der Waals surface area contributed by atoms with Crippen molar-refractivity contribution in [2.45, 2.75) is 26.4 Å². The van der Waals surface area contributed by atoms with E-state index in [9.17, 15) is 9.59 Å². The van der Waals surface area contributed by atoms with Gasteiger partial charge in [-0.05, 0) is 31.5 Å². The van der Waals surface area contributed by atoms with Gasteiger partial charge in [-0.15, -0.1) is 0 Å². The van der Waals surface area contributed by atoms with Crippen molar-refractivity contribution >= 4 is 29.2 Å². The summed E-state index contributed by atoms with van der Waals surface area (Å²) in [4.78, 5) is 26.1. The molecule has 0 saturated heterocycles. The smallest absolute Gasteiger partial charge is 0.315 e. The van der Waals surface area contributed by atoms with E-state index in [1.54, 1.807) is 36.1 Å². The molecule has 0 aliphatic rings. The summed E-state index contributed by atoms with van der Waals surface area (Å²) >= 11 is 5.97. The standard InChI is InChI=1S/C16H19ClN4O2/c1-11(2)21(10-12-5-4-6-13(17)9-12)16(23)15(22)18-14-7-8-20(3)19-14/h4-9,11H,10H2,1-3H3,(H,18,19,22). The largest absolute Gasteiger partial charge is 0.328 e. The number of aromatic nitrogens is 2. The first-order chi connectivity index (χ1) is 10.9. The van der Waals surface area contributed by atoms with Gasteiger partial charge in [-0.3, -0.25) is 14.3 Å². The number of nitrogens with zero attached hydrogens (tertiary/aromatic N) is 3. The van der Waals surface area contributed by atoms with Crippen molar-refractivity contribution < 1.29 is 9.59 Å². The van der Waals surface area contributed by atoms with E-state index < -0.39 is 11.8 Å². The van der Waals surface area contributed by atoms with Gasteiger partial charge < -0.3 is 10.2 Å². The maximum Gasteiger partial charge on any atom is 0.315 e. The van der Waals surface area contributed by atoms with Crippen molar-refractivity contribution in [3.63, 3.8) is 0 Å². The van der Waals surface area contributed by atoms with Gasteiger partial charge in [0.25, 0.3) is 0 Å². The number of carbonyl (C=O) groups excluding carboxylic acids is 2. The van der Waals surface area contributed by atoms with Crippen molar-refractivity contribution in [3.05, 3.63) is 47.1 Å². The molecule has 0 fully saturated rings. The fourth-order valence-corrected chi connectivity index (χ4v) is 2.32. The van der Waals surface area contributed by atoms with Crippen molar-refractivity contribution in [2.24, 2.45) is 7.05 Å². The predicted octanol–water partition coefficient (Wildman–Crippen LogP) is 2.45. The zero-order valence-electron chi connectivity index (χ0n) is 13.3. The molecule has 0 radical (unpaired) electrons. The molecule has 2 amide bonds. The molecule has 1 aromatic heterocycles. The number of halogens is 1. The Morgan fingerprint density at radius 3 is 2.65 bits per heavy atom. The van der Waals surface area contributed by atoms with Crippen LogP contribution in [0.4, 0.5) is 5.82 Å². The van der Waals surface area contributed by atoms with Crippen LogP contribution in [0.2, 0.25) is 5.02 Å². The van der Waals surface area contributed by atoms with Gasteiger partial charge in [0.1, 0.15) is 0 Å². The highest BCUT2D eigenvalue weighted by Crippen LogP contribution is 2.15. The second-order valence-electron chi connectivity index (χ2n) is 5.49. The lowest BCUT2D eigenvalue weighted by molar-refractivity contribution is -0.144. The average Bonchev–Trinajstić information content (AvgIpc) is 2.89. The van der Waals surface area contributed by atoms with Crippen LogP contribution in [0.15, 0.2) is 36.5 Å². The summed E-state index contributed by atoms with van der Waals surface area (Å²) < 4.78 is 1.55. The highest BCUT2D eigenvalue weighted by molar-refractivity contribution is 6.39. The molecule has 0 aliphatic heterocycles. The minimum absolute atomic E-state index is 0.129. The van der Waals surface area contributed by atoms with E-state index in [0.29, 0.717) is 17.4 Å². The molecule has 0 unspecified atom stereocenters. The van der Waals surface area contributed by atoms with Crippen LogP contribution < -0.4 is 5.32 Å². The lowest BCUT2D eigenvalue weighted by Gasteiger charge is -2.26. The summed E-state index contributed by atoms with van der Waals surface area (Å²) in [5.41, 5.74) is 0.866. The van der Waals surface area contributed by atoms with E-state index >= 15 is 0 Å². The van der Waals surface area contributed by atoms with E-state index in [-0.39, 0.29) is 6.04 Å². The maximum absolute atomic E-state index is 12.4. The van der Waals surface area contributed by atoms with Crippen LogP contribution in [0.25, 0.3) is 0 Å². The maximum atomic E-state index is 12.4. The van der Waals surface area contributed by atoms with Crippen LogP contribution in [0.3, 0.4) is 0 Å². The topological polar surface area (TPSA) is 67.2 Å². The minimum Gasteiger partial charge on any atom is -0.328 e. The van der Waals surface area contributed by atoms with E-state index in [4.69, 9.17) is 11.6 Å². The Morgan fingerprint density at radius 1 is 1.35 bits per heavy atom. The first-order valence-electron chi connectivity index (χ1n) is 7.23. The number of anilines is 1. The molecule has 0 aliphatic carbocycles. The molecule has 1 N–H and O–H groups in total. The monoisotopic (exact) mass is 334 g/mol. The summed E-state index contributed by atoms with van der Waals surface area (Å²) in [6.45, 7) is 4.03. The van der Waals surface area contributed by atoms with Gasteiger partial charge in [0.15, 0.2) is 5.82 Å². The molecule has 0 saturated carbocycles. The predicted molar refractivity (Wildman–Crippen MR) is 89.0 cm³/mol. The molecule has 0 spiro atoms. The quantitative estimate of drug-likeness (QED) is 0.873. The van der Waals surface area contributed by atoms with Gasteiger partial charge in [-0.25, -0.2) is 0 Å². The number of hydrogen-bond donors (Lipinski definition) is 1. The number of benzene rings is 1. The number of rotatable bonds is 4. The van der Waals surface area contributed by atoms with Crippen LogP contribution >= 0.6 is 11.6 Å². The highest BCUT2D eigenvalue weighted by Gasteiger charge is 2.25.